The van der Waals surface area contributed by atoms with Gasteiger partial charge in [0.25, 0.3) is 0 Å². The van der Waals surface area contributed by atoms with Gasteiger partial charge < -0.3 is 0 Å². The summed E-state index contributed by atoms with van der Waals surface area (Å²) in [5.41, 5.74) is 0.552. The third kappa shape index (κ3) is 2.37. The molecule has 0 amide bonds. The van der Waals surface area contributed by atoms with Gasteiger partial charge >= 0.3 is 0 Å². The van der Waals surface area contributed by atoms with E-state index in [0.717, 1.165) is 23.6 Å². The SMILES string of the molecule is O=C(Cc1ccc(F)c(F)c1)C1CSC1. The molecule has 80 valence electrons. The van der Waals surface area contributed by atoms with Crippen molar-refractivity contribution in [2.24, 2.45) is 5.92 Å². The number of hydrogen-bond donors (Lipinski definition) is 0. The molecule has 0 bridgehead atoms. The van der Waals surface area contributed by atoms with Crippen LogP contribution in [-0.2, 0) is 11.2 Å². The molecule has 0 unspecified atom stereocenters. The van der Waals surface area contributed by atoms with Crippen LogP contribution in [0.3, 0.4) is 0 Å². The Bertz CT molecular complexity index is 388. The summed E-state index contributed by atoms with van der Waals surface area (Å²) < 4.78 is 25.4. The van der Waals surface area contributed by atoms with Gasteiger partial charge in [-0.2, -0.15) is 11.8 Å². The Hall–Kier alpha value is -0.900. The molecule has 1 aromatic carbocycles. The van der Waals surface area contributed by atoms with Gasteiger partial charge in [0.05, 0.1) is 0 Å². The summed E-state index contributed by atoms with van der Waals surface area (Å²) in [7, 11) is 0. The molecule has 1 aliphatic heterocycles. The zero-order chi connectivity index (χ0) is 10.8. The lowest BCUT2D eigenvalue weighted by molar-refractivity contribution is -0.121. The van der Waals surface area contributed by atoms with Crippen molar-refractivity contribution in [3.63, 3.8) is 0 Å². The number of rotatable bonds is 3. The highest BCUT2D eigenvalue weighted by molar-refractivity contribution is 8.00. The second-order valence-electron chi connectivity index (χ2n) is 3.63. The van der Waals surface area contributed by atoms with Crippen molar-refractivity contribution >= 4 is 17.5 Å². The van der Waals surface area contributed by atoms with Crippen LogP contribution in [0.5, 0.6) is 0 Å². The number of benzene rings is 1. The van der Waals surface area contributed by atoms with Crippen molar-refractivity contribution in [1.29, 1.82) is 0 Å². The van der Waals surface area contributed by atoms with Crippen LogP contribution in [0.25, 0.3) is 0 Å². The lowest BCUT2D eigenvalue weighted by Gasteiger charge is -2.23. The Balaban J connectivity index is 2.03. The number of carbonyl (C=O) groups is 1. The number of halogens is 2. The standard InChI is InChI=1S/C11H10F2OS/c12-9-2-1-7(3-10(9)13)4-11(14)8-5-15-6-8/h1-3,8H,4-6H2. The van der Waals surface area contributed by atoms with Crippen LogP contribution in [-0.4, -0.2) is 17.3 Å². The molecule has 0 N–H and O–H groups in total. The molecule has 0 aliphatic carbocycles. The minimum atomic E-state index is -0.886. The molecular formula is C11H10F2OS. The highest BCUT2D eigenvalue weighted by atomic mass is 32.2. The van der Waals surface area contributed by atoms with Crippen molar-refractivity contribution < 1.29 is 13.6 Å². The first-order valence-corrected chi connectivity index (χ1v) is 5.86. The van der Waals surface area contributed by atoms with Crippen LogP contribution in [0, 0.1) is 17.6 Å². The Morgan fingerprint density at radius 1 is 1.33 bits per heavy atom. The summed E-state index contributed by atoms with van der Waals surface area (Å²) in [6, 6.07) is 3.62. The van der Waals surface area contributed by atoms with Crippen LogP contribution >= 0.6 is 11.8 Å². The number of hydrogen-bond acceptors (Lipinski definition) is 2. The van der Waals surface area contributed by atoms with Gasteiger partial charge in [0, 0.05) is 23.8 Å². The van der Waals surface area contributed by atoms with Crippen LogP contribution in [0.2, 0.25) is 0 Å². The molecule has 0 atom stereocenters. The van der Waals surface area contributed by atoms with E-state index in [1.807, 2.05) is 0 Å². The number of ketones is 1. The molecule has 4 heteroatoms. The number of Topliss-reactive ketones (excluding diaryl/α,β-unsaturated/α-hetero) is 1. The Labute approximate surface area is 90.9 Å². The van der Waals surface area contributed by atoms with Crippen LogP contribution in [0.15, 0.2) is 18.2 Å². The van der Waals surface area contributed by atoms with Gasteiger partial charge in [-0.1, -0.05) is 6.07 Å². The second-order valence-corrected chi connectivity index (χ2v) is 4.70. The first-order chi connectivity index (χ1) is 7.16. The van der Waals surface area contributed by atoms with Crippen molar-refractivity contribution in [1.82, 2.24) is 0 Å². The van der Waals surface area contributed by atoms with Crippen LogP contribution < -0.4 is 0 Å². The van der Waals surface area contributed by atoms with Crippen LogP contribution in [0.1, 0.15) is 5.56 Å². The molecule has 0 saturated carbocycles. The minimum Gasteiger partial charge on any atom is -0.299 e. The van der Waals surface area contributed by atoms with E-state index < -0.39 is 11.6 Å². The average Bonchev–Trinajstić information content (AvgIpc) is 2.08. The average molecular weight is 228 g/mol. The predicted molar refractivity (Wildman–Crippen MR) is 55.9 cm³/mol. The van der Waals surface area contributed by atoms with E-state index >= 15 is 0 Å². The summed E-state index contributed by atoms with van der Waals surface area (Å²) in [6.45, 7) is 0. The van der Waals surface area contributed by atoms with Crippen molar-refractivity contribution in [2.45, 2.75) is 6.42 Å². The van der Waals surface area contributed by atoms with Gasteiger partial charge in [-0.15, -0.1) is 0 Å². The first-order valence-electron chi connectivity index (χ1n) is 4.71. The smallest absolute Gasteiger partial charge is 0.159 e. The van der Waals surface area contributed by atoms with Crippen molar-refractivity contribution in [2.75, 3.05) is 11.5 Å². The van der Waals surface area contributed by atoms with E-state index in [-0.39, 0.29) is 18.1 Å². The molecular weight excluding hydrogens is 218 g/mol. The van der Waals surface area contributed by atoms with Gasteiger partial charge in [-0.25, -0.2) is 8.78 Å². The maximum Gasteiger partial charge on any atom is 0.159 e. The molecule has 0 aromatic heterocycles. The fraction of sp³-hybridized carbons (Fsp3) is 0.364. The van der Waals surface area contributed by atoms with Gasteiger partial charge in [0.15, 0.2) is 11.6 Å². The molecule has 0 radical (unpaired) electrons. The maximum atomic E-state index is 12.8. The summed E-state index contributed by atoms with van der Waals surface area (Å²) >= 11 is 1.73. The largest absolute Gasteiger partial charge is 0.299 e. The zero-order valence-corrected chi connectivity index (χ0v) is 8.82. The Morgan fingerprint density at radius 3 is 2.60 bits per heavy atom. The molecule has 1 saturated heterocycles. The maximum absolute atomic E-state index is 12.8. The third-order valence-electron chi connectivity index (χ3n) is 2.46. The lowest BCUT2D eigenvalue weighted by atomic mass is 10.0. The summed E-state index contributed by atoms with van der Waals surface area (Å²) in [5.74, 6) is 0.210. The lowest BCUT2D eigenvalue weighted by Crippen LogP contribution is -2.28. The molecule has 1 nitrogen and oxygen atoms in total. The molecule has 1 fully saturated rings. The monoisotopic (exact) mass is 228 g/mol. The van der Waals surface area contributed by atoms with E-state index in [9.17, 15) is 13.6 Å². The van der Waals surface area contributed by atoms with Crippen LogP contribution in [0.4, 0.5) is 8.78 Å². The van der Waals surface area contributed by atoms with Crippen molar-refractivity contribution in [3.05, 3.63) is 35.4 Å². The molecule has 1 heterocycles. The fourth-order valence-electron chi connectivity index (χ4n) is 1.42. The van der Waals surface area contributed by atoms with E-state index in [0.29, 0.717) is 5.56 Å². The molecule has 2 rings (SSSR count). The number of thioether (sulfide) groups is 1. The van der Waals surface area contributed by atoms with Gasteiger partial charge in [-0.05, 0) is 17.7 Å². The minimum absolute atomic E-state index is 0.114. The van der Waals surface area contributed by atoms with E-state index in [4.69, 9.17) is 0 Å². The normalized spacial score (nSPS) is 16.1. The Morgan fingerprint density at radius 2 is 2.07 bits per heavy atom. The molecule has 0 spiro atoms. The topological polar surface area (TPSA) is 17.1 Å². The molecule has 1 aromatic rings. The van der Waals surface area contributed by atoms with Gasteiger partial charge in [0.2, 0.25) is 0 Å². The van der Waals surface area contributed by atoms with E-state index in [1.165, 1.54) is 6.07 Å². The molecule has 15 heavy (non-hydrogen) atoms. The molecule has 1 aliphatic rings. The summed E-state index contributed by atoms with van der Waals surface area (Å²) in [5, 5.41) is 0. The third-order valence-corrected chi connectivity index (χ3v) is 3.73. The van der Waals surface area contributed by atoms with E-state index in [1.54, 1.807) is 11.8 Å². The van der Waals surface area contributed by atoms with Gasteiger partial charge in [0.1, 0.15) is 5.78 Å². The second kappa shape index (κ2) is 4.31. The Kier molecular flexibility index (Phi) is 3.05. The predicted octanol–water partition coefficient (Wildman–Crippen LogP) is 2.44. The summed E-state index contributed by atoms with van der Waals surface area (Å²) in [6.07, 6.45) is 0.211. The first kappa shape index (κ1) is 10.6. The number of carbonyl (C=O) groups excluding carboxylic acids is 1. The zero-order valence-electron chi connectivity index (χ0n) is 8.00. The summed E-state index contributed by atoms with van der Waals surface area (Å²) in [4.78, 5) is 11.6. The van der Waals surface area contributed by atoms with E-state index in [2.05, 4.69) is 0 Å². The van der Waals surface area contributed by atoms with Gasteiger partial charge in [-0.3, -0.25) is 4.79 Å². The highest BCUT2D eigenvalue weighted by Gasteiger charge is 2.25. The quantitative estimate of drug-likeness (QED) is 0.790. The fourth-order valence-corrected chi connectivity index (χ4v) is 2.26. The highest BCUT2D eigenvalue weighted by Crippen LogP contribution is 2.26. The van der Waals surface area contributed by atoms with Crippen molar-refractivity contribution in [3.8, 4) is 0 Å².